The number of nitrogens with zero attached hydrogens (tertiary/aromatic N) is 3. The van der Waals surface area contributed by atoms with Crippen molar-refractivity contribution in [2.45, 2.75) is 25.8 Å². The van der Waals surface area contributed by atoms with Crippen molar-refractivity contribution in [3.63, 3.8) is 0 Å². The molecular formula is C17H23N3O2. The van der Waals surface area contributed by atoms with Crippen molar-refractivity contribution in [3.8, 4) is 0 Å². The van der Waals surface area contributed by atoms with Gasteiger partial charge in [-0.05, 0) is 39.1 Å². The number of carbonyl (C=O) groups is 2. The molecule has 2 heterocycles. The summed E-state index contributed by atoms with van der Waals surface area (Å²) in [7, 11) is 2.10. The van der Waals surface area contributed by atoms with Gasteiger partial charge in [-0.3, -0.25) is 14.5 Å². The minimum absolute atomic E-state index is 0.0709. The highest BCUT2D eigenvalue weighted by molar-refractivity contribution is 6.22. The minimum atomic E-state index is -0.291. The Morgan fingerprint density at radius 2 is 1.73 bits per heavy atom. The van der Waals surface area contributed by atoms with Crippen LogP contribution in [0.4, 0.5) is 5.69 Å². The Bertz CT molecular complexity index is 570. The number of rotatable bonds is 2. The second-order valence-corrected chi connectivity index (χ2v) is 6.32. The Balaban J connectivity index is 1.77. The highest BCUT2D eigenvalue weighted by atomic mass is 16.2. The van der Waals surface area contributed by atoms with E-state index in [1.54, 1.807) is 0 Å². The Morgan fingerprint density at radius 1 is 1.00 bits per heavy atom. The van der Waals surface area contributed by atoms with Crippen molar-refractivity contribution < 1.29 is 9.59 Å². The van der Waals surface area contributed by atoms with Crippen molar-refractivity contribution >= 4 is 17.5 Å². The van der Waals surface area contributed by atoms with E-state index in [-0.39, 0.29) is 17.9 Å². The maximum atomic E-state index is 12.7. The van der Waals surface area contributed by atoms with Gasteiger partial charge in [-0.1, -0.05) is 17.7 Å². The van der Waals surface area contributed by atoms with Crippen molar-refractivity contribution in [3.05, 3.63) is 29.8 Å². The molecule has 2 aliphatic rings. The molecule has 1 atom stereocenters. The summed E-state index contributed by atoms with van der Waals surface area (Å²) in [6, 6.07) is 7.28. The molecule has 22 heavy (non-hydrogen) atoms. The van der Waals surface area contributed by atoms with Gasteiger partial charge in [0.1, 0.15) is 0 Å². The molecule has 1 aromatic carbocycles. The van der Waals surface area contributed by atoms with Gasteiger partial charge in [-0.25, -0.2) is 4.90 Å². The van der Waals surface area contributed by atoms with Crippen molar-refractivity contribution in [1.82, 2.24) is 9.80 Å². The lowest BCUT2D eigenvalue weighted by Crippen LogP contribution is -2.43. The summed E-state index contributed by atoms with van der Waals surface area (Å²) in [5, 5.41) is 0. The highest BCUT2D eigenvalue weighted by Gasteiger charge is 2.42. The number of hydrogen-bond acceptors (Lipinski definition) is 4. The van der Waals surface area contributed by atoms with E-state index in [1.807, 2.05) is 31.2 Å². The Morgan fingerprint density at radius 3 is 2.45 bits per heavy atom. The number of carbonyl (C=O) groups excluding carboxylic acids is 2. The van der Waals surface area contributed by atoms with E-state index >= 15 is 0 Å². The Kier molecular flexibility index (Phi) is 4.27. The predicted octanol–water partition coefficient (Wildman–Crippen LogP) is 1.26. The molecule has 2 amide bonds. The van der Waals surface area contributed by atoms with E-state index in [0.717, 1.165) is 38.2 Å². The summed E-state index contributed by atoms with van der Waals surface area (Å²) < 4.78 is 0. The van der Waals surface area contributed by atoms with Gasteiger partial charge in [-0.2, -0.15) is 0 Å². The fourth-order valence-electron chi connectivity index (χ4n) is 3.24. The average Bonchev–Trinajstić information content (AvgIpc) is 2.66. The molecule has 5 heteroatoms. The number of anilines is 1. The lowest BCUT2D eigenvalue weighted by atomic mass is 10.2. The monoisotopic (exact) mass is 301 g/mol. The third-order valence-corrected chi connectivity index (χ3v) is 4.61. The zero-order valence-electron chi connectivity index (χ0n) is 13.3. The zero-order valence-corrected chi connectivity index (χ0v) is 13.3. The van der Waals surface area contributed by atoms with Crippen LogP contribution in [0.2, 0.25) is 0 Å². The second kappa shape index (κ2) is 6.18. The summed E-state index contributed by atoms with van der Waals surface area (Å²) >= 11 is 0. The minimum Gasteiger partial charge on any atom is -0.305 e. The summed E-state index contributed by atoms with van der Waals surface area (Å²) in [5.74, 6) is -0.158. The van der Waals surface area contributed by atoms with Crippen LogP contribution >= 0.6 is 0 Å². The van der Waals surface area contributed by atoms with Gasteiger partial charge in [0, 0.05) is 19.6 Å². The molecule has 3 rings (SSSR count). The number of amides is 2. The summed E-state index contributed by atoms with van der Waals surface area (Å²) in [6.07, 6.45) is 1.34. The van der Waals surface area contributed by atoms with Gasteiger partial charge in [0.2, 0.25) is 5.91 Å². The summed E-state index contributed by atoms with van der Waals surface area (Å²) in [5.41, 5.74) is 1.81. The van der Waals surface area contributed by atoms with Crippen LogP contribution in [0.1, 0.15) is 18.4 Å². The highest BCUT2D eigenvalue weighted by Crippen LogP contribution is 2.26. The van der Waals surface area contributed by atoms with E-state index in [0.29, 0.717) is 12.1 Å². The van der Waals surface area contributed by atoms with Crippen molar-refractivity contribution in [1.29, 1.82) is 0 Å². The van der Waals surface area contributed by atoms with Crippen LogP contribution in [0, 0.1) is 6.92 Å². The Hall–Kier alpha value is -1.72. The summed E-state index contributed by atoms with van der Waals surface area (Å²) in [4.78, 5) is 30.9. The van der Waals surface area contributed by atoms with Crippen LogP contribution in [-0.4, -0.2) is 60.9 Å². The van der Waals surface area contributed by atoms with E-state index in [1.165, 1.54) is 4.90 Å². The van der Waals surface area contributed by atoms with Gasteiger partial charge in [0.05, 0.1) is 18.2 Å². The second-order valence-electron chi connectivity index (χ2n) is 6.32. The van der Waals surface area contributed by atoms with E-state index in [4.69, 9.17) is 0 Å². The third-order valence-electron chi connectivity index (χ3n) is 4.61. The number of benzene rings is 1. The molecule has 5 nitrogen and oxygen atoms in total. The van der Waals surface area contributed by atoms with Gasteiger partial charge in [-0.15, -0.1) is 0 Å². The molecule has 0 aliphatic carbocycles. The van der Waals surface area contributed by atoms with E-state index in [2.05, 4.69) is 16.8 Å². The first-order chi connectivity index (χ1) is 10.6. The van der Waals surface area contributed by atoms with Gasteiger partial charge in [0.15, 0.2) is 0 Å². The largest absolute Gasteiger partial charge is 0.305 e. The van der Waals surface area contributed by atoms with Crippen LogP contribution in [0.3, 0.4) is 0 Å². The van der Waals surface area contributed by atoms with Crippen LogP contribution in [0.25, 0.3) is 0 Å². The molecule has 0 radical (unpaired) electrons. The quantitative estimate of drug-likeness (QED) is 0.772. The van der Waals surface area contributed by atoms with Crippen LogP contribution in [0.5, 0.6) is 0 Å². The van der Waals surface area contributed by atoms with Crippen LogP contribution in [-0.2, 0) is 9.59 Å². The van der Waals surface area contributed by atoms with Crippen molar-refractivity contribution in [2.75, 3.05) is 38.1 Å². The van der Waals surface area contributed by atoms with E-state index < -0.39 is 0 Å². The maximum absolute atomic E-state index is 12.7. The molecule has 0 unspecified atom stereocenters. The normalized spacial score (nSPS) is 24.8. The van der Waals surface area contributed by atoms with E-state index in [9.17, 15) is 9.59 Å². The Labute approximate surface area is 131 Å². The molecule has 2 saturated heterocycles. The van der Waals surface area contributed by atoms with Crippen molar-refractivity contribution in [2.24, 2.45) is 0 Å². The lowest BCUT2D eigenvalue weighted by molar-refractivity contribution is -0.122. The number of aryl methyl sites for hydroxylation is 1. The first-order valence-electron chi connectivity index (χ1n) is 7.92. The van der Waals surface area contributed by atoms with Gasteiger partial charge < -0.3 is 4.90 Å². The first kappa shape index (κ1) is 15.2. The average molecular weight is 301 g/mol. The SMILES string of the molecule is Cc1ccc(N2C(=O)C[C@@H](N3CCCN(C)CC3)C2=O)cc1. The number of likely N-dealkylation sites (N-methyl/N-ethyl adjacent to an activating group) is 1. The van der Waals surface area contributed by atoms with Gasteiger partial charge >= 0.3 is 0 Å². The molecule has 118 valence electrons. The number of imide groups is 1. The smallest absolute Gasteiger partial charge is 0.251 e. The fraction of sp³-hybridized carbons (Fsp3) is 0.529. The lowest BCUT2D eigenvalue weighted by Gasteiger charge is -2.25. The maximum Gasteiger partial charge on any atom is 0.251 e. The molecule has 0 bridgehead atoms. The molecule has 0 N–H and O–H groups in total. The fourth-order valence-corrected chi connectivity index (χ4v) is 3.24. The standard InChI is InChI=1S/C17H23N3O2/c1-13-4-6-14(7-5-13)20-16(21)12-15(17(20)22)19-9-3-8-18(2)10-11-19/h4-7,15H,3,8-12H2,1-2H3/t15-/m1/s1. The van der Waals surface area contributed by atoms with Gasteiger partial charge in [0.25, 0.3) is 5.91 Å². The molecule has 0 aromatic heterocycles. The van der Waals surface area contributed by atoms with Crippen LogP contribution < -0.4 is 4.90 Å². The summed E-state index contributed by atoms with van der Waals surface area (Å²) in [6.45, 7) is 5.72. The van der Waals surface area contributed by atoms with Crippen LogP contribution in [0.15, 0.2) is 24.3 Å². The molecule has 1 aromatic rings. The topological polar surface area (TPSA) is 43.9 Å². The predicted molar refractivity (Wildman–Crippen MR) is 85.8 cm³/mol. The molecule has 0 saturated carbocycles. The zero-order chi connectivity index (χ0) is 15.7. The number of hydrogen-bond donors (Lipinski definition) is 0. The molecular weight excluding hydrogens is 278 g/mol. The molecule has 2 fully saturated rings. The third kappa shape index (κ3) is 2.91. The first-order valence-corrected chi connectivity index (χ1v) is 7.92. The molecule has 2 aliphatic heterocycles. The molecule has 0 spiro atoms.